The molecule has 0 bridgehead atoms. The molecule has 1 rings (SSSR count). The van der Waals surface area contributed by atoms with Crippen LogP contribution in [0.15, 0.2) is 18.2 Å². The molecule has 1 aromatic carbocycles. The number of hydrogen-bond acceptors (Lipinski definition) is 3. The highest BCUT2D eigenvalue weighted by atomic mass is 32.2. The molecule has 0 fully saturated rings. The lowest BCUT2D eigenvalue weighted by molar-refractivity contribution is 0.337. The average Bonchev–Trinajstić information content (AvgIpc) is 2.09. The summed E-state index contributed by atoms with van der Waals surface area (Å²) in [5.41, 5.74) is 0.782. The Morgan fingerprint density at radius 2 is 2.07 bits per heavy atom. The molecule has 0 saturated carbocycles. The monoisotopic (exact) mass is 232 g/mol. The summed E-state index contributed by atoms with van der Waals surface area (Å²) >= 11 is 0. The Balaban J connectivity index is 2.61. The van der Waals surface area contributed by atoms with Gasteiger partial charge in [-0.2, -0.15) is 0 Å². The number of ether oxygens (including phenoxy) is 1. The second-order valence-electron chi connectivity index (χ2n) is 3.39. The van der Waals surface area contributed by atoms with Crippen LogP contribution < -0.4 is 4.74 Å². The van der Waals surface area contributed by atoms with Crippen molar-refractivity contribution in [2.75, 3.05) is 18.6 Å². The lowest BCUT2D eigenvalue weighted by Gasteiger charge is -2.08. The number of rotatable bonds is 4. The highest BCUT2D eigenvalue weighted by Gasteiger charge is 2.05. The van der Waals surface area contributed by atoms with E-state index in [1.807, 2.05) is 0 Å². The van der Waals surface area contributed by atoms with E-state index in [0.29, 0.717) is 5.75 Å². The quantitative estimate of drug-likeness (QED) is 0.791. The average molecular weight is 232 g/mol. The first-order valence-corrected chi connectivity index (χ1v) is 6.51. The van der Waals surface area contributed by atoms with Gasteiger partial charge in [-0.15, -0.1) is 0 Å². The van der Waals surface area contributed by atoms with Gasteiger partial charge in [0.2, 0.25) is 0 Å². The van der Waals surface area contributed by atoms with Gasteiger partial charge >= 0.3 is 0 Å². The number of hydrogen-bond donors (Lipinski definition) is 0. The fraction of sp³-hybridized carbons (Fsp3) is 0.400. The number of halogens is 1. The normalized spacial score (nSPS) is 11.4. The maximum Gasteiger partial charge on any atom is 0.150 e. The maximum atomic E-state index is 12.8. The van der Waals surface area contributed by atoms with Gasteiger partial charge in [-0.05, 0) is 18.6 Å². The van der Waals surface area contributed by atoms with Gasteiger partial charge in [-0.1, -0.05) is 6.07 Å². The molecular formula is C10H13FO3S. The van der Waals surface area contributed by atoms with E-state index in [-0.39, 0.29) is 12.4 Å². The van der Waals surface area contributed by atoms with Crippen LogP contribution in [0, 0.1) is 12.7 Å². The molecule has 0 radical (unpaired) electrons. The van der Waals surface area contributed by atoms with Gasteiger partial charge in [-0.25, -0.2) is 12.8 Å². The van der Waals surface area contributed by atoms with Gasteiger partial charge in [0.25, 0.3) is 0 Å². The van der Waals surface area contributed by atoms with Crippen LogP contribution in [0.5, 0.6) is 5.75 Å². The molecule has 0 aliphatic rings. The minimum atomic E-state index is -3.04. The molecule has 0 aliphatic heterocycles. The minimum Gasteiger partial charge on any atom is -0.492 e. The Labute approximate surface area is 88.8 Å². The Hall–Kier alpha value is -1.10. The highest BCUT2D eigenvalue weighted by molar-refractivity contribution is 7.90. The van der Waals surface area contributed by atoms with Crippen molar-refractivity contribution in [1.82, 2.24) is 0 Å². The van der Waals surface area contributed by atoms with Crippen molar-refractivity contribution < 1.29 is 17.5 Å². The minimum absolute atomic E-state index is 0.0448. The first kappa shape index (κ1) is 12.0. The lowest BCUT2D eigenvalue weighted by atomic mass is 10.2. The molecule has 0 aliphatic carbocycles. The molecule has 1 aromatic rings. The van der Waals surface area contributed by atoms with Crippen molar-refractivity contribution in [1.29, 1.82) is 0 Å². The molecule has 3 nitrogen and oxygen atoms in total. The van der Waals surface area contributed by atoms with Crippen LogP contribution in [0.2, 0.25) is 0 Å². The maximum absolute atomic E-state index is 12.8. The summed E-state index contributed by atoms with van der Waals surface area (Å²) in [6.07, 6.45) is 1.13. The topological polar surface area (TPSA) is 43.4 Å². The molecule has 0 aromatic heterocycles. The fourth-order valence-electron chi connectivity index (χ4n) is 1.03. The third kappa shape index (κ3) is 4.29. The van der Waals surface area contributed by atoms with Crippen LogP contribution in [0.4, 0.5) is 4.39 Å². The highest BCUT2D eigenvalue weighted by Crippen LogP contribution is 2.18. The zero-order valence-electron chi connectivity index (χ0n) is 8.66. The molecule has 0 unspecified atom stereocenters. The Kier molecular flexibility index (Phi) is 3.68. The van der Waals surface area contributed by atoms with Crippen molar-refractivity contribution in [2.45, 2.75) is 6.92 Å². The Morgan fingerprint density at radius 3 is 2.67 bits per heavy atom. The van der Waals surface area contributed by atoms with Gasteiger partial charge in [0.15, 0.2) is 9.84 Å². The van der Waals surface area contributed by atoms with Gasteiger partial charge in [-0.3, -0.25) is 0 Å². The largest absolute Gasteiger partial charge is 0.492 e. The smallest absolute Gasteiger partial charge is 0.150 e. The van der Waals surface area contributed by atoms with Crippen molar-refractivity contribution in [3.05, 3.63) is 29.6 Å². The van der Waals surface area contributed by atoms with E-state index in [4.69, 9.17) is 4.74 Å². The van der Waals surface area contributed by atoms with Crippen molar-refractivity contribution >= 4 is 9.84 Å². The molecule has 84 valence electrons. The van der Waals surface area contributed by atoms with E-state index in [1.54, 1.807) is 13.0 Å². The van der Waals surface area contributed by atoms with Crippen LogP contribution in [0.3, 0.4) is 0 Å². The predicted molar refractivity (Wildman–Crippen MR) is 56.3 cm³/mol. The third-order valence-electron chi connectivity index (χ3n) is 1.86. The van der Waals surface area contributed by atoms with E-state index < -0.39 is 15.7 Å². The van der Waals surface area contributed by atoms with Crippen LogP contribution in [0.1, 0.15) is 5.56 Å². The molecule has 0 saturated heterocycles. The standard InChI is InChI=1S/C10H13FO3S/c1-8-3-4-9(11)7-10(8)14-5-6-15(2,12)13/h3-4,7H,5-6H2,1-2H3. The number of aryl methyl sites for hydroxylation is 1. The van der Waals surface area contributed by atoms with Gasteiger partial charge < -0.3 is 4.74 Å². The Morgan fingerprint density at radius 1 is 1.40 bits per heavy atom. The third-order valence-corrected chi connectivity index (χ3v) is 2.77. The van der Waals surface area contributed by atoms with Crippen LogP contribution >= 0.6 is 0 Å². The van der Waals surface area contributed by atoms with E-state index >= 15 is 0 Å². The van der Waals surface area contributed by atoms with E-state index in [9.17, 15) is 12.8 Å². The summed E-state index contributed by atoms with van der Waals surface area (Å²) in [6, 6.07) is 4.17. The summed E-state index contributed by atoms with van der Waals surface area (Å²) in [6.45, 7) is 1.82. The molecular weight excluding hydrogens is 219 g/mol. The van der Waals surface area contributed by atoms with Crippen LogP contribution in [-0.4, -0.2) is 27.0 Å². The molecule has 0 spiro atoms. The number of benzene rings is 1. The van der Waals surface area contributed by atoms with Crippen LogP contribution in [-0.2, 0) is 9.84 Å². The molecule has 0 amide bonds. The number of sulfone groups is 1. The summed E-state index contributed by atoms with van der Waals surface area (Å²) in [5, 5.41) is 0. The molecule has 0 N–H and O–H groups in total. The predicted octanol–water partition coefficient (Wildman–Crippen LogP) is 1.56. The van der Waals surface area contributed by atoms with Crippen LogP contribution in [0.25, 0.3) is 0 Å². The van der Waals surface area contributed by atoms with Gasteiger partial charge in [0, 0.05) is 12.3 Å². The molecule has 5 heteroatoms. The van der Waals surface area contributed by atoms with Crippen molar-refractivity contribution in [2.24, 2.45) is 0 Å². The van der Waals surface area contributed by atoms with Gasteiger partial charge in [0.05, 0.1) is 5.75 Å². The summed E-state index contributed by atoms with van der Waals surface area (Å²) in [7, 11) is -3.04. The molecule has 0 heterocycles. The second kappa shape index (κ2) is 4.61. The zero-order chi connectivity index (χ0) is 11.5. The Bertz CT molecular complexity index is 440. The summed E-state index contributed by atoms with van der Waals surface area (Å²) in [5.74, 6) is -0.0724. The van der Waals surface area contributed by atoms with Crippen molar-refractivity contribution in [3.63, 3.8) is 0 Å². The zero-order valence-corrected chi connectivity index (χ0v) is 9.47. The summed E-state index contributed by atoms with van der Waals surface area (Å²) in [4.78, 5) is 0. The van der Waals surface area contributed by atoms with E-state index in [1.165, 1.54) is 12.1 Å². The SMILES string of the molecule is Cc1ccc(F)cc1OCCS(C)(=O)=O. The lowest BCUT2D eigenvalue weighted by Crippen LogP contribution is -2.12. The van der Waals surface area contributed by atoms with E-state index in [2.05, 4.69) is 0 Å². The fourth-order valence-corrected chi connectivity index (χ4v) is 1.42. The first-order valence-electron chi connectivity index (χ1n) is 4.45. The van der Waals surface area contributed by atoms with Crippen molar-refractivity contribution in [3.8, 4) is 5.75 Å². The molecule has 15 heavy (non-hydrogen) atoms. The second-order valence-corrected chi connectivity index (χ2v) is 5.65. The van der Waals surface area contributed by atoms with Gasteiger partial charge in [0.1, 0.15) is 18.2 Å². The van der Waals surface area contributed by atoms with E-state index in [0.717, 1.165) is 11.8 Å². The first-order chi connectivity index (χ1) is 6.88. The molecule has 0 atom stereocenters. The summed E-state index contributed by atoms with van der Waals surface area (Å²) < 4.78 is 39.6.